The molecule has 96 valence electrons. The molecular formula is C14H10F2N2S. The maximum absolute atomic E-state index is 13.6. The number of hydrogen-bond acceptors (Lipinski definition) is 3. The van der Waals surface area contributed by atoms with Gasteiger partial charge in [0.1, 0.15) is 17.7 Å². The van der Waals surface area contributed by atoms with Crippen LogP contribution >= 0.6 is 11.8 Å². The van der Waals surface area contributed by atoms with Crippen molar-refractivity contribution in [3.63, 3.8) is 0 Å². The molecule has 0 radical (unpaired) electrons. The van der Waals surface area contributed by atoms with Crippen molar-refractivity contribution in [2.75, 3.05) is 11.6 Å². The Kier molecular flexibility index (Phi) is 4.03. The Balaban J connectivity index is 2.41. The van der Waals surface area contributed by atoms with Gasteiger partial charge in [0.15, 0.2) is 0 Å². The molecule has 0 atom stereocenters. The van der Waals surface area contributed by atoms with Gasteiger partial charge in [-0.05, 0) is 30.5 Å². The number of hydrogen-bond donors (Lipinski definition) is 1. The highest BCUT2D eigenvalue weighted by Gasteiger charge is 2.10. The summed E-state index contributed by atoms with van der Waals surface area (Å²) in [7, 11) is 0. The van der Waals surface area contributed by atoms with Crippen LogP contribution in [0.1, 0.15) is 5.56 Å². The van der Waals surface area contributed by atoms with Crippen LogP contribution in [0.5, 0.6) is 0 Å². The first-order chi connectivity index (χ1) is 9.15. The van der Waals surface area contributed by atoms with Gasteiger partial charge in [0, 0.05) is 11.0 Å². The molecule has 0 aliphatic rings. The highest BCUT2D eigenvalue weighted by molar-refractivity contribution is 7.98. The summed E-state index contributed by atoms with van der Waals surface area (Å²) in [5.41, 5.74) is 1.08. The quantitative estimate of drug-likeness (QED) is 0.849. The van der Waals surface area contributed by atoms with Crippen LogP contribution in [0.3, 0.4) is 0 Å². The molecule has 0 spiro atoms. The normalized spacial score (nSPS) is 10.0. The first-order valence-corrected chi connectivity index (χ1v) is 6.67. The summed E-state index contributed by atoms with van der Waals surface area (Å²) >= 11 is 1.44. The van der Waals surface area contributed by atoms with E-state index in [4.69, 9.17) is 5.26 Å². The van der Waals surface area contributed by atoms with Crippen molar-refractivity contribution in [1.29, 1.82) is 5.26 Å². The Labute approximate surface area is 114 Å². The second-order valence-corrected chi connectivity index (χ2v) is 4.59. The van der Waals surface area contributed by atoms with Gasteiger partial charge in [-0.2, -0.15) is 5.26 Å². The fraction of sp³-hybridized carbons (Fsp3) is 0.0714. The lowest BCUT2D eigenvalue weighted by molar-refractivity contribution is 0.586. The van der Waals surface area contributed by atoms with Gasteiger partial charge in [0.2, 0.25) is 0 Å². The Bertz CT molecular complexity index is 650. The third-order valence-corrected chi connectivity index (χ3v) is 3.34. The van der Waals surface area contributed by atoms with Crippen molar-refractivity contribution in [1.82, 2.24) is 0 Å². The van der Waals surface area contributed by atoms with Crippen LogP contribution in [-0.4, -0.2) is 6.26 Å². The summed E-state index contributed by atoms with van der Waals surface area (Å²) in [5.74, 6) is -1.33. The highest BCUT2D eigenvalue weighted by atomic mass is 32.2. The molecule has 2 aromatic carbocycles. The summed E-state index contributed by atoms with van der Waals surface area (Å²) in [6, 6.07) is 10.6. The fourth-order valence-corrected chi connectivity index (χ4v) is 2.23. The van der Waals surface area contributed by atoms with E-state index in [0.717, 1.165) is 17.0 Å². The minimum Gasteiger partial charge on any atom is -0.352 e. The Morgan fingerprint density at radius 3 is 2.58 bits per heavy atom. The minimum atomic E-state index is -0.696. The number of benzene rings is 2. The van der Waals surface area contributed by atoms with Gasteiger partial charge in [0.05, 0.1) is 16.9 Å². The average molecular weight is 276 g/mol. The lowest BCUT2D eigenvalue weighted by Crippen LogP contribution is -1.97. The Morgan fingerprint density at radius 1 is 1.16 bits per heavy atom. The zero-order valence-electron chi connectivity index (χ0n) is 10.1. The lowest BCUT2D eigenvalue weighted by atomic mass is 10.2. The molecule has 0 aliphatic heterocycles. The van der Waals surface area contributed by atoms with Crippen LogP contribution < -0.4 is 5.32 Å². The molecule has 0 aliphatic carbocycles. The second-order valence-electron chi connectivity index (χ2n) is 3.74. The third kappa shape index (κ3) is 2.85. The maximum Gasteiger partial charge on any atom is 0.149 e. The second kappa shape index (κ2) is 5.72. The predicted molar refractivity (Wildman–Crippen MR) is 72.6 cm³/mol. The number of halogens is 2. The van der Waals surface area contributed by atoms with Crippen molar-refractivity contribution >= 4 is 23.1 Å². The van der Waals surface area contributed by atoms with Crippen LogP contribution in [0, 0.1) is 23.0 Å². The molecule has 0 unspecified atom stereocenters. The molecule has 0 bridgehead atoms. The zero-order chi connectivity index (χ0) is 13.8. The van der Waals surface area contributed by atoms with Crippen molar-refractivity contribution in [3.05, 3.63) is 53.6 Å². The summed E-state index contributed by atoms with van der Waals surface area (Å²) in [4.78, 5) is 0.801. The average Bonchev–Trinajstić information content (AvgIpc) is 2.41. The molecule has 2 rings (SSSR count). The van der Waals surface area contributed by atoms with E-state index in [2.05, 4.69) is 11.4 Å². The van der Waals surface area contributed by atoms with E-state index in [1.165, 1.54) is 17.8 Å². The van der Waals surface area contributed by atoms with Gasteiger partial charge >= 0.3 is 0 Å². The van der Waals surface area contributed by atoms with Gasteiger partial charge in [0.25, 0.3) is 0 Å². The van der Waals surface area contributed by atoms with Gasteiger partial charge in [-0.1, -0.05) is 6.07 Å². The topological polar surface area (TPSA) is 35.8 Å². The van der Waals surface area contributed by atoms with Gasteiger partial charge in [-0.3, -0.25) is 0 Å². The molecule has 2 nitrogen and oxygen atoms in total. The van der Waals surface area contributed by atoms with Crippen LogP contribution in [0.4, 0.5) is 20.2 Å². The standard InChI is InChI=1S/C14H10F2N2S/c1-19-14-4-2-3-12(10(14)8-17)18-13-6-5-9(15)7-11(13)16/h2-7,18H,1H3. The van der Waals surface area contributed by atoms with Gasteiger partial charge < -0.3 is 5.32 Å². The van der Waals surface area contributed by atoms with Gasteiger partial charge in [-0.15, -0.1) is 11.8 Å². The number of rotatable bonds is 3. The molecule has 0 aromatic heterocycles. The van der Waals surface area contributed by atoms with Crippen molar-refractivity contribution in [3.8, 4) is 6.07 Å². The number of anilines is 2. The highest BCUT2D eigenvalue weighted by Crippen LogP contribution is 2.29. The smallest absolute Gasteiger partial charge is 0.149 e. The largest absolute Gasteiger partial charge is 0.352 e. The first kappa shape index (κ1) is 13.4. The predicted octanol–water partition coefficient (Wildman–Crippen LogP) is 4.30. The van der Waals surface area contributed by atoms with Crippen molar-refractivity contribution < 1.29 is 8.78 Å². The van der Waals surface area contributed by atoms with E-state index in [9.17, 15) is 8.78 Å². The minimum absolute atomic E-state index is 0.135. The maximum atomic E-state index is 13.6. The SMILES string of the molecule is CSc1cccc(Nc2ccc(F)cc2F)c1C#N. The van der Waals surface area contributed by atoms with Crippen LogP contribution in [0.2, 0.25) is 0 Å². The molecule has 0 heterocycles. The zero-order valence-corrected chi connectivity index (χ0v) is 10.9. The molecule has 1 N–H and O–H groups in total. The summed E-state index contributed by atoms with van der Waals surface area (Å²) < 4.78 is 26.4. The number of nitrogens with zero attached hydrogens (tertiary/aromatic N) is 1. The monoisotopic (exact) mass is 276 g/mol. The molecule has 0 fully saturated rings. The third-order valence-electron chi connectivity index (χ3n) is 2.56. The molecular weight excluding hydrogens is 266 g/mol. The Morgan fingerprint density at radius 2 is 1.95 bits per heavy atom. The lowest BCUT2D eigenvalue weighted by Gasteiger charge is -2.11. The molecule has 19 heavy (non-hydrogen) atoms. The van der Waals surface area contributed by atoms with E-state index in [0.29, 0.717) is 11.3 Å². The molecule has 0 amide bonds. The first-order valence-electron chi connectivity index (χ1n) is 5.45. The van der Waals surface area contributed by atoms with Crippen molar-refractivity contribution in [2.45, 2.75) is 4.90 Å². The van der Waals surface area contributed by atoms with Crippen LogP contribution in [0.15, 0.2) is 41.3 Å². The molecule has 5 heteroatoms. The van der Waals surface area contributed by atoms with E-state index in [1.807, 2.05) is 12.3 Å². The van der Waals surface area contributed by atoms with E-state index in [1.54, 1.807) is 12.1 Å². The Hall–Kier alpha value is -2.06. The van der Waals surface area contributed by atoms with E-state index >= 15 is 0 Å². The molecule has 0 saturated heterocycles. The summed E-state index contributed by atoms with van der Waals surface area (Å²) in [6.07, 6.45) is 1.86. The summed E-state index contributed by atoms with van der Waals surface area (Å²) in [5, 5.41) is 12.0. The molecule has 2 aromatic rings. The van der Waals surface area contributed by atoms with Crippen LogP contribution in [0.25, 0.3) is 0 Å². The fourth-order valence-electron chi connectivity index (χ4n) is 1.66. The summed E-state index contributed by atoms with van der Waals surface area (Å²) in [6.45, 7) is 0. The van der Waals surface area contributed by atoms with E-state index in [-0.39, 0.29) is 5.69 Å². The van der Waals surface area contributed by atoms with E-state index < -0.39 is 11.6 Å². The number of nitriles is 1. The van der Waals surface area contributed by atoms with Crippen molar-refractivity contribution in [2.24, 2.45) is 0 Å². The number of thioether (sulfide) groups is 1. The number of nitrogens with one attached hydrogen (secondary N) is 1. The molecule has 0 saturated carbocycles. The van der Waals surface area contributed by atoms with Gasteiger partial charge in [-0.25, -0.2) is 8.78 Å². The van der Waals surface area contributed by atoms with Crippen LogP contribution in [-0.2, 0) is 0 Å².